The van der Waals surface area contributed by atoms with Gasteiger partial charge in [0, 0.05) is 31.5 Å². The zero-order valence-electron chi connectivity index (χ0n) is 14.7. The molecule has 1 N–H and O–H groups in total. The maximum Gasteiger partial charge on any atom is 0.223 e. The number of likely N-dealkylation sites (tertiary alicyclic amines) is 1. The SMILES string of the molecule is O=C(CCC(=O)N1CCCC2(CCNCC2)CC1)c1ccc(F)cc1. The molecule has 1 amide bonds. The summed E-state index contributed by atoms with van der Waals surface area (Å²) in [6.07, 6.45) is 6.17. The van der Waals surface area contributed by atoms with Crippen LogP contribution < -0.4 is 5.32 Å². The van der Waals surface area contributed by atoms with Crippen molar-refractivity contribution in [3.05, 3.63) is 35.6 Å². The van der Waals surface area contributed by atoms with Crippen LogP contribution in [0.5, 0.6) is 0 Å². The van der Waals surface area contributed by atoms with Gasteiger partial charge in [-0.2, -0.15) is 0 Å². The van der Waals surface area contributed by atoms with Crippen molar-refractivity contribution in [3.63, 3.8) is 0 Å². The Morgan fingerprint density at radius 2 is 1.72 bits per heavy atom. The fraction of sp³-hybridized carbons (Fsp3) is 0.600. The van der Waals surface area contributed by atoms with Crippen LogP contribution in [-0.2, 0) is 4.79 Å². The molecular formula is C20H27FN2O2. The van der Waals surface area contributed by atoms with E-state index in [1.54, 1.807) is 0 Å². The lowest BCUT2D eigenvalue weighted by Crippen LogP contribution is -2.38. The van der Waals surface area contributed by atoms with Crippen LogP contribution in [-0.4, -0.2) is 42.8 Å². The van der Waals surface area contributed by atoms with Gasteiger partial charge in [0.1, 0.15) is 5.82 Å². The summed E-state index contributed by atoms with van der Waals surface area (Å²) in [5.74, 6) is -0.386. The lowest BCUT2D eigenvalue weighted by molar-refractivity contribution is -0.131. The highest BCUT2D eigenvalue weighted by Crippen LogP contribution is 2.39. The molecule has 2 heterocycles. The third-order valence-corrected chi connectivity index (χ3v) is 5.80. The standard InChI is InChI=1S/C20H27FN2O2/c21-17-4-2-16(3-5-17)18(24)6-7-19(25)23-14-1-8-20(11-15-23)9-12-22-13-10-20/h2-5,22H,1,6-15H2. The summed E-state index contributed by atoms with van der Waals surface area (Å²) >= 11 is 0. The second-order valence-electron chi connectivity index (χ2n) is 7.41. The first-order chi connectivity index (χ1) is 12.1. The van der Waals surface area contributed by atoms with Crippen molar-refractivity contribution in [2.24, 2.45) is 5.41 Å². The highest BCUT2D eigenvalue weighted by molar-refractivity contribution is 5.97. The highest BCUT2D eigenvalue weighted by Gasteiger charge is 2.34. The first-order valence-corrected chi connectivity index (χ1v) is 9.35. The topological polar surface area (TPSA) is 49.4 Å². The second-order valence-corrected chi connectivity index (χ2v) is 7.41. The monoisotopic (exact) mass is 346 g/mol. The van der Waals surface area contributed by atoms with E-state index in [4.69, 9.17) is 0 Å². The van der Waals surface area contributed by atoms with Gasteiger partial charge in [-0.15, -0.1) is 0 Å². The van der Waals surface area contributed by atoms with E-state index in [0.29, 0.717) is 11.0 Å². The van der Waals surface area contributed by atoms with Gasteiger partial charge in [0.2, 0.25) is 5.91 Å². The first-order valence-electron chi connectivity index (χ1n) is 9.35. The Kier molecular flexibility index (Phi) is 5.84. The van der Waals surface area contributed by atoms with Crippen LogP contribution in [0.2, 0.25) is 0 Å². The van der Waals surface area contributed by atoms with Crippen LogP contribution in [0.25, 0.3) is 0 Å². The van der Waals surface area contributed by atoms with Crippen molar-refractivity contribution >= 4 is 11.7 Å². The largest absolute Gasteiger partial charge is 0.343 e. The third kappa shape index (κ3) is 4.66. The van der Waals surface area contributed by atoms with Crippen molar-refractivity contribution in [2.75, 3.05) is 26.2 Å². The smallest absolute Gasteiger partial charge is 0.223 e. The number of rotatable bonds is 4. The molecule has 0 unspecified atom stereocenters. The van der Waals surface area contributed by atoms with Crippen molar-refractivity contribution in [1.82, 2.24) is 10.2 Å². The van der Waals surface area contributed by atoms with Gasteiger partial charge in [-0.3, -0.25) is 9.59 Å². The molecule has 2 fully saturated rings. The van der Waals surface area contributed by atoms with Gasteiger partial charge in [0.25, 0.3) is 0 Å². The van der Waals surface area contributed by atoms with E-state index >= 15 is 0 Å². The second kappa shape index (κ2) is 8.09. The summed E-state index contributed by atoms with van der Waals surface area (Å²) in [6, 6.07) is 5.52. The van der Waals surface area contributed by atoms with Gasteiger partial charge in [-0.1, -0.05) is 0 Å². The molecule has 0 atom stereocenters. The van der Waals surface area contributed by atoms with Gasteiger partial charge in [-0.05, 0) is 74.9 Å². The summed E-state index contributed by atoms with van der Waals surface area (Å²) in [7, 11) is 0. The fourth-order valence-electron chi connectivity index (χ4n) is 4.12. The number of amides is 1. The number of carbonyl (C=O) groups excluding carboxylic acids is 2. The number of nitrogens with one attached hydrogen (secondary N) is 1. The molecule has 2 saturated heterocycles. The van der Waals surface area contributed by atoms with Crippen molar-refractivity contribution in [2.45, 2.75) is 44.9 Å². The predicted octanol–water partition coefficient (Wildman–Crippen LogP) is 3.17. The van der Waals surface area contributed by atoms with Crippen LogP contribution in [0.4, 0.5) is 4.39 Å². The van der Waals surface area contributed by atoms with E-state index in [1.807, 2.05) is 4.90 Å². The van der Waals surface area contributed by atoms with Gasteiger partial charge < -0.3 is 10.2 Å². The van der Waals surface area contributed by atoms with Crippen LogP contribution >= 0.6 is 0 Å². The van der Waals surface area contributed by atoms with Crippen LogP contribution in [0.3, 0.4) is 0 Å². The van der Waals surface area contributed by atoms with E-state index in [0.717, 1.165) is 39.0 Å². The molecule has 3 rings (SSSR count). The van der Waals surface area contributed by atoms with E-state index in [-0.39, 0.29) is 30.3 Å². The molecule has 25 heavy (non-hydrogen) atoms. The first kappa shape index (κ1) is 18.1. The van der Waals surface area contributed by atoms with Gasteiger partial charge in [0.15, 0.2) is 5.78 Å². The summed E-state index contributed by atoms with van der Waals surface area (Å²) in [5.41, 5.74) is 0.878. The molecular weight excluding hydrogens is 319 g/mol. The van der Waals surface area contributed by atoms with Crippen LogP contribution in [0, 0.1) is 11.2 Å². The molecule has 2 aliphatic heterocycles. The minimum Gasteiger partial charge on any atom is -0.343 e. The fourth-order valence-corrected chi connectivity index (χ4v) is 4.12. The Hall–Kier alpha value is -1.75. The number of hydrogen-bond acceptors (Lipinski definition) is 3. The van der Waals surface area contributed by atoms with E-state index in [2.05, 4.69) is 5.32 Å². The van der Waals surface area contributed by atoms with Crippen LogP contribution in [0.15, 0.2) is 24.3 Å². The molecule has 1 aromatic rings. The third-order valence-electron chi connectivity index (χ3n) is 5.80. The molecule has 1 spiro atoms. The zero-order valence-corrected chi connectivity index (χ0v) is 14.7. The minimum atomic E-state index is -0.357. The Bertz CT molecular complexity index is 609. The number of benzene rings is 1. The van der Waals surface area contributed by atoms with E-state index in [1.165, 1.54) is 43.5 Å². The van der Waals surface area contributed by atoms with Gasteiger partial charge in [0.05, 0.1) is 0 Å². The molecule has 0 aliphatic carbocycles. The maximum absolute atomic E-state index is 12.9. The maximum atomic E-state index is 12.9. The van der Waals surface area contributed by atoms with Crippen molar-refractivity contribution < 1.29 is 14.0 Å². The molecule has 0 radical (unpaired) electrons. The molecule has 136 valence electrons. The molecule has 4 nitrogen and oxygen atoms in total. The van der Waals surface area contributed by atoms with Gasteiger partial charge >= 0.3 is 0 Å². The number of piperidine rings is 1. The Labute approximate surface area is 148 Å². The molecule has 5 heteroatoms. The quantitative estimate of drug-likeness (QED) is 0.852. The number of ketones is 1. The highest BCUT2D eigenvalue weighted by atomic mass is 19.1. The lowest BCUT2D eigenvalue weighted by Gasteiger charge is -2.37. The lowest BCUT2D eigenvalue weighted by atomic mass is 9.73. The molecule has 0 bridgehead atoms. The van der Waals surface area contributed by atoms with Crippen molar-refractivity contribution in [1.29, 1.82) is 0 Å². The number of nitrogens with zero attached hydrogens (tertiary/aromatic N) is 1. The van der Waals surface area contributed by atoms with E-state index in [9.17, 15) is 14.0 Å². The number of halogens is 1. The summed E-state index contributed by atoms with van der Waals surface area (Å²) in [6.45, 7) is 3.78. The summed E-state index contributed by atoms with van der Waals surface area (Å²) in [4.78, 5) is 26.6. The van der Waals surface area contributed by atoms with Crippen LogP contribution in [0.1, 0.15) is 55.3 Å². The predicted molar refractivity (Wildman–Crippen MR) is 94.9 cm³/mol. The number of hydrogen-bond donors (Lipinski definition) is 1. The Morgan fingerprint density at radius 3 is 2.44 bits per heavy atom. The van der Waals surface area contributed by atoms with Crippen molar-refractivity contribution in [3.8, 4) is 0 Å². The average Bonchev–Trinajstić information content (AvgIpc) is 2.83. The zero-order chi connectivity index (χ0) is 17.7. The molecule has 0 aromatic heterocycles. The minimum absolute atomic E-state index is 0.0708. The molecule has 1 aromatic carbocycles. The number of Topliss-reactive ketones (excluding diaryl/α,β-unsaturated/α-hetero) is 1. The van der Waals surface area contributed by atoms with Gasteiger partial charge in [-0.25, -0.2) is 4.39 Å². The normalized spacial score (nSPS) is 20.3. The van der Waals surface area contributed by atoms with E-state index < -0.39 is 0 Å². The summed E-state index contributed by atoms with van der Waals surface area (Å²) in [5, 5.41) is 3.42. The molecule has 2 aliphatic rings. The summed E-state index contributed by atoms with van der Waals surface area (Å²) < 4.78 is 12.9. The average molecular weight is 346 g/mol. The number of carbonyl (C=O) groups is 2. The Morgan fingerprint density at radius 1 is 1.00 bits per heavy atom. The Balaban J connectivity index is 1.49. The molecule has 0 saturated carbocycles.